The third kappa shape index (κ3) is 1.94. The van der Waals surface area contributed by atoms with Crippen LogP contribution in [0.1, 0.15) is 11.6 Å². The molecule has 8 nitrogen and oxygen atoms in total. The summed E-state index contributed by atoms with van der Waals surface area (Å²) >= 11 is 0. The lowest BCUT2D eigenvalue weighted by molar-refractivity contribution is -0.385. The molecule has 0 aromatic carbocycles. The molecule has 1 atom stereocenters. The van der Waals surface area contributed by atoms with Crippen LogP contribution in [0.2, 0.25) is 0 Å². The molecule has 3 N–H and O–H groups in total. The van der Waals surface area contributed by atoms with E-state index in [4.69, 9.17) is 10.8 Å². The van der Waals surface area contributed by atoms with Crippen molar-refractivity contribution in [1.29, 1.82) is 0 Å². The number of carboxylic acid groups (broad SMARTS) is 1. The van der Waals surface area contributed by atoms with Crippen LogP contribution < -0.4 is 5.73 Å². The summed E-state index contributed by atoms with van der Waals surface area (Å²) in [4.78, 5) is 20.7. The number of carboxylic acids is 1. The van der Waals surface area contributed by atoms with Crippen molar-refractivity contribution in [3.05, 3.63) is 22.0 Å². The van der Waals surface area contributed by atoms with Crippen molar-refractivity contribution < 1.29 is 14.8 Å². The molecule has 1 unspecified atom stereocenters. The highest BCUT2D eigenvalue weighted by Gasteiger charge is 2.30. The van der Waals surface area contributed by atoms with Gasteiger partial charge in [0.1, 0.15) is 17.8 Å². The Kier molecular flexibility index (Phi) is 3.00. The monoisotopic (exact) mass is 214 g/mol. The van der Waals surface area contributed by atoms with Gasteiger partial charge >= 0.3 is 11.7 Å². The summed E-state index contributed by atoms with van der Waals surface area (Å²) in [5, 5.41) is 23.1. The lowest BCUT2D eigenvalue weighted by atomic mass is 10.1. The summed E-state index contributed by atoms with van der Waals surface area (Å²) in [6.07, 6.45) is 1.01. The fraction of sp³-hybridized carbons (Fsp3) is 0.429. The minimum Gasteiger partial charge on any atom is -0.481 e. The maximum absolute atomic E-state index is 10.8. The summed E-state index contributed by atoms with van der Waals surface area (Å²) < 4.78 is 1.16. The highest BCUT2D eigenvalue weighted by molar-refractivity contribution is 5.77. The van der Waals surface area contributed by atoms with E-state index in [0.29, 0.717) is 0 Å². The molecule has 1 rings (SSSR count). The van der Waals surface area contributed by atoms with Gasteiger partial charge in [-0.1, -0.05) is 0 Å². The summed E-state index contributed by atoms with van der Waals surface area (Å²) in [6.45, 7) is -0.213. The number of carbonyl (C=O) groups is 1. The maximum Gasteiger partial charge on any atom is 0.314 e. The van der Waals surface area contributed by atoms with Crippen molar-refractivity contribution in [1.82, 2.24) is 9.78 Å². The Bertz CT molecular complexity index is 400. The topological polar surface area (TPSA) is 124 Å². The van der Waals surface area contributed by atoms with Crippen molar-refractivity contribution >= 4 is 11.7 Å². The molecular weight excluding hydrogens is 204 g/mol. The van der Waals surface area contributed by atoms with Crippen LogP contribution in [0.15, 0.2) is 6.20 Å². The Morgan fingerprint density at radius 2 is 2.47 bits per heavy atom. The van der Waals surface area contributed by atoms with Gasteiger partial charge in [-0.25, -0.2) is 0 Å². The number of hydrogen-bond donors (Lipinski definition) is 2. The zero-order valence-electron chi connectivity index (χ0n) is 7.95. The third-order valence-corrected chi connectivity index (χ3v) is 2.02. The summed E-state index contributed by atoms with van der Waals surface area (Å²) in [6, 6.07) is 0. The second-order valence-electron chi connectivity index (χ2n) is 2.92. The number of nitro groups is 1. The quantitative estimate of drug-likeness (QED) is 0.512. The van der Waals surface area contributed by atoms with E-state index in [-0.39, 0.29) is 17.9 Å². The second kappa shape index (κ2) is 4.05. The first-order chi connectivity index (χ1) is 6.99. The van der Waals surface area contributed by atoms with Crippen molar-refractivity contribution in [3.63, 3.8) is 0 Å². The molecule has 0 aliphatic carbocycles. The van der Waals surface area contributed by atoms with Gasteiger partial charge in [0.2, 0.25) is 0 Å². The van der Waals surface area contributed by atoms with Gasteiger partial charge in [-0.15, -0.1) is 0 Å². The van der Waals surface area contributed by atoms with E-state index < -0.39 is 16.8 Å². The number of aryl methyl sites for hydroxylation is 1. The van der Waals surface area contributed by atoms with E-state index in [1.807, 2.05) is 0 Å². The molecule has 1 aromatic rings. The number of aliphatic carboxylic acids is 1. The standard InChI is InChI=1S/C7H10N4O4/c1-10-6(4(2-8)7(12)13)5(3-9-10)11(14)15/h3-4H,2,8H2,1H3,(H,12,13). The van der Waals surface area contributed by atoms with Crippen molar-refractivity contribution in [2.24, 2.45) is 12.8 Å². The predicted molar refractivity (Wildman–Crippen MR) is 49.3 cm³/mol. The Labute approximate surface area is 84.4 Å². The smallest absolute Gasteiger partial charge is 0.314 e. The molecule has 0 spiro atoms. The van der Waals surface area contributed by atoms with Gasteiger partial charge in [-0.05, 0) is 0 Å². The molecule has 0 saturated carbocycles. The van der Waals surface area contributed by atoms with Crippen LogP contribution in [0.3, 0.4) is 0 Å². The minimum absolute atomic E-state index is 0.00926. The molecule has 82 valence electrons. The van der Waals surface area contributed by atoms with Crippen LogP contribution in [-0.2, 0) is 11.8 Å². The zero-order valence-corrected chi connectivity index (χ0v) is 7.95. The van der Waals surface area contributed by atoms with Gasteiger partial charge in [-0.3, -0.25) is 19.6 Å². The molecule has 0 radical (unpaired) electrons. The SMILES string of the molecule is Cn1ncc([N+](=O)[O-])c1C(CN)C(=O)O. The van der Waals surface area contributed by atoms with Crippen molar-refractivity contribution in [2.45, 2.75) is 5.92 Å². The van der Waals surface area contributed by atoms with Crippen molar-refractivity contribution in [3.8, 4) is 0 Å². The number of nitrogens with zero attached hydrogens (tertiary/aromatic N) is 3. The molecule has 0 aliphatic rings. The van der Waals surface area contributed by atoms with E-state index in [0.717, 1.165) is 10.9 Å². The normalized spacial score (nSPS) is 12.4. The van der Waals surface area contributed by atoms with Gasteiger partial charge < -0.3 is 10.8 Å². The predicted octanol–water partition coefficient (Wildman–Crippen LogP) is -0.545. The van der Waals surface area contributed by atoms with Crippen molar-refractivity contribution in [2.75, 3.05) is 6.54 Å². The van der Waals surface area contributed by atoms with E-state index in [2.05, 4.69) is 5.10 Å². The number of nitrogens with two attached hydrogens (primary N) is 1. The number of aromatic nitrogens is 2. The molecule has 0 amide bonds. The van der Waals surface area contributed by atoms with E-state index in [1.54, 1.807) is 0 Å². The van der Waals surface area contributed by atoms with Crippen LogP contribution in [0, 0.1) is 10.1 Å². The number of hydrogen-bond acceptors (Lipinski definition) is 5. The third-order valence-electron chi connectivity index (χ3n) is 2.02. The average molecular weight is 214 g/mol. The van der Waals surface area contributed by atoms with Gasteiger partial charge in [0.15, 0.2) is 0 Å². The first kappa shape index (κ1) is 11.1. The zero-order chi connectivity index (χ0) is 11.6. The summed E-state index contributed by atoms with van der Waals surface area (Å²) in [5.74, 6) is -2.32. The molecular formula is C7H10N4O4. The first-order valence-electron chi connectivity index (χ1n) is 4.08. The molecule has 1 heterocycles. The van der Waals surface area contributed by atoms with Gasteiger partial charge in [0, 0.05) is 13.6 Å². The Morgan fingerprint density at radius 3 is 2.87 bits per heavy atom. The Hall–Kier alpha value is -1.96. The van der Waals surface area contributed by atoms with Crippen LogP contribution >= 0.6 is 0 Å². The Balaban J connectivity index is 3.26. The molecule has 0 bridgehead atoms. The molecule has 1 aromatic heterocycles. The maximum atomic E-state index is 10.8. The Morgan fingerprint density at radius 1 is 1.87 bits per heavy atom. The molecule has 0 aliphatic heterocycles. The number of rotatable bonds is 4. The van der Waals surface area contributed by atoms with E-state index >= 15 is 0 Å². The van der Waals surface area contributed by atoms with Gasteiger partial charge in [0.05, 0.1) is 4.92 Å². The molecule has 0 saturated heterocycles. The summed E-state index contributed by atoms with van der Waals surface area (Å²) in [7, 11) is 1.44. The van der Waals surface area contributed by atoms with Gasteiger partial charge in [-0.2, -0.15) is 5.10 Å². The fourth-order valence-corrected chi connectivity index (χ4v) is 1.31. The lowest BCUT2D eigenvalue weighted by Gasteiger charge is -2.08. The van der Waals surface area contributed by atoms with Crippen LogP contribution in [0.4, 0.5) is 5.69 Å². The van der Waals surface area contributed by atoms with E-state index in [9.17, 15) is 14.9 Å². The molecule has 8 heteroatoms. The van der Waals surface area contributed by atoms with Gasteiger partial charge in [0.25, 0.3) is 0 Å². The molecule has 15 heavy (non-hydrogen) atoms. The minimum atomic E-state index is -1.20. The largest absolute Gasteiger partial charge is 0.481 e. The van der Waals surface area contributed by atoms with Crippen LogP contribution in [0.5, 0.6) is 0 Å². The highest BCUT2D eigenvalue weighted by Crippen LogP contribution is 2.25. The van der Waals surface area contributed by atoms with Crippen LogP contribution in [0.25, 0.3) is 0 Å². The lowest BCUT2D eigenvalue weighted by Crippen LogP contribution is -2.24. The van der Waals surface area contributed by atoms with Crippen LogP contribution in [-0.4, -0.2) is 32.3 Å². The molecule has 0 fully saturated rings. The average Bonchev–Trinajstić information content (AvgIpc) is 2.49. The first-order valence-corrected chi connectivity index (χ1v) is 4.08. The van der Waals surface area contributed by atoms with E-state index in [1.165, 1.54) is 7.05 Å². The summed E-state index contributed by atoms with van der Waals surface area (Å²) in [5.41, 5.74) is 4.94. The highest BCUT2D eigenvalue weighted by atomic mass is 16.6. The second-order valence-corrected chi connectivity index (χ2v) is 2.92. The fourth-order valence-electron chi connectivity index (χ4n) is 1.31.